The summed E-state index contributed by atoms with van der Waals surface area (Å²) in [6.07, 6.45) is 0.0867. The maximum atomic E-state index is 13.0. The van der Waals surface area contributed by atoms with E-state index in [2.05, 4.69) is 10.6 Å². The van der Waals surface area contributed by atoms with Crippen LogP contribution in [0.15, 0.2) is 66.7 Å². The number of para-hydroxylation sites is 1. The zero-order chi connectivity index (χ0) is 24.4. The van der Waals surface area contributed by atoms with E-state index in [1.807, 2.05) is 0 Å². The highest BCUT2D eigenvalue weighted by Gasteiger charge is 2.35. The van der Waals surface area contributed by atoms with E-state index in [9.17, 15) is 14.4 Å². The molecule has 0 bridgehead atoms. The van der Waals surface area contributed by atoms with Crippen molar-refractivity contribution in [3.05, 3.63) is 72.3 Å². The number of anilines is 3. The summed E-state index contributed by atoms with van der Waals surface area (Å²) in [7, 11) is 1.57. The molecular formula is C26H23N3O6. The Kier molecular flexibility index (Phi) is 5.97. The Hall–Kier alpha value is -4.53. The van der Waals surface area contributed by atoms with Gasteiger partial charge in [-0.2, -0.15) is 0 Å². The van der Waals surface area contributed by atoms with Crippen molar-refractivity contribution >= 4 is 34.8 Å². The van der Waals surface area contributed by atoms with Crippen LogP contribution in [-0.2, 0) is 9.59 Å². The average Bonchev–Trinajstić information content (AvgIpc) is 3.50. The molecule has 3 aromatic carbocycles. The van der Waals surface area contributed by atoms with Gasteiger partial charge in [-0.1, -0.05) is 12.1 Å². The Morgan fingerprint density at radius 1 is 0.971 bits per heavy atom. The fourth-order valence-corrected chi connectivity index (χ4v) is 4.09. The topological polar surface area (TPSA) is 106 Å². The smallest absolute Gasteiger partial charge is 0.257 e. The summed E-state index contributed by atoms with van der Waals surface area (Å²) in [6, 6.07) is 19.0. The second-order valence-corrected chi connectivity index (χ2v) is 8.16. The number of benzene rings is 3. The summed E-state index contributed by atoms with van der Waals surface area (Å²) >= 11 is 0. The largest absolute Gasteiger partial charge is 0.497 e. The first-order valence-corrected chi connectivity index (χ1v) is 11.1. The lowest BCUT2D eigenvalue weighted by atomic mass is 10.1. The zero-order valence-corrected chi connectivity index (χ0v) is 18.9. The quantitative estimate of drug-likeness (QED) is 0.566. The molecule has 178 valence electrons. The van der Waals surface area contributed by atoms with Gasteiger partial charge in [-0.15, -0.1) is 0 Å². The van der Waals surface area contributed by atoms with Crippen molar-refractivity contribution in [2.24, 2.45) is 5.92 Å². The number of hydrogen-bond donors (Lipinski definition) is 2. The molecule has 9 heteroatoms. The number of amides is 3. The van der Waals surface area contributed by atoms with Crippen LogP contribution in [0.1, 0.15) is 16.8 Å². The van der Waals surface area contributed by atoms with E-state index in [0.717, 1.165) is 0 Å². The third-order valence-corrected chi connectivity index (χ3v) is 5.94. The Bertz CT molecular complexity index is 1290. The molecule has 9 nitrogen and oxygen atoms in total. The lowest BCUT2D eigenvalue weighted by Gasteiger charge is -2.17. The molecule has 1 saturated heterocycles. The monoisotopic (exact) mass is 473 g/mol. The van der Waals surface area contributed by atoms with Crippen molar-refractivity contribution in [3.8, 4) is 17.2 Å². The van der Waals surface area contributed by atoms with Crippen molar-refractivity contribution in [2.45, 2.75) is 6.42 Å². The highest BCUT2D eigenvalue weighted by molar-refractivity contribution is 6.11. The van der Waals surface area contributed by atoms with E-state index in [1.54, 1.807) is 78.7 Å². The molecule has 0 aromatic heterocycles. The highest BCUT2D eigenvalue weighted by Crippen LogP contribution is 2.34. The van der Waals surface area contributed by atoms with Crippen LogP contribution in [0.4, 0.5) is 17.1 Å². The number of carbonyl (C=O) groups is 3. The van der Waals surface area contributed by atoms with Crippen molar-refractivity contribution < 1.29 is 28.6 Å². The predicted molar refractivity (Wildman–Crippen MR) is 129 cm³/mol. The predicted octanol–water partition coefficient (Wildman–Crippen LogP) is 3.67. The van der Waals surface area contributed by atoms with Gasteiger partial charge in [-0.3, -0.25) is 14.4 Å². The second kappa shape index (κ2) is 9.38. The zero-order valence-electron chi connectivity index (χ0n) is 18.9. The van der Waals surface area contributed by atoms with Gasteiger partial charge < -0.3 is 29.7 Å². The van der Waals surface area contributed by atoms with E-state index in [-0.39, 0.29) is 37.5 Å². The standard InChI is InChI=1S/C26H23N3O6/c1-33-19-9-7-18(8-10-19)29-14-16(12-24(29)30)25(31)28-21-5-3-2-4-20(21)26(32)27-17-6-11-22-23(13-17)35-15-34-22/h2-11,13,16H,12,14-15H2,1H3,(H,27,32)(H,28,31). The lowest BCUT2D eigenvalue weighted by molar-refractivity contribution is -0.122. The summed E-state index contributed by atoms with van der Waals surface area (Å²) in [5, 5.41) is 5.65. The van der Waals surface area contributed by atoms with Gasteiger partial charge in [0, 0.05) is 30.4 Å². The minimum absolute atomic E-state index is 0.0867. The van der Waals surface area contributed by atoms with E-state index in [1.165, 1.54) is 0 Å². The third-order valence-electron chi connectivity index (χ3n) is 5.94. The first-order chi connectivity index (χ1) is 17.0. The number of ether oxygens (including phenoxy) is 3. The Morgan fingerprint density at radius 2 is 1.74 bits per heavy atom. The number of hydrogen-bond acceptors (Lipinski definition) is 6. The molecule has 2 aliphatic heterocycles. The molecule has 5 rings (SSSR count). The molecule has 0 radical (unpaired) electrons. The lowest BCUT2D eigenvalue weighted by Crippen LogP contribution is -2.28. The van der Waals surface area contributed by atoms with Gasteiger partial charge in [-0.05, 0) is 48.5 Å². The van der Waals surface area contributed by atoms with E-state index >= 15 is 0 Å². The van der Waals surface area contributed by atoms with Gasteiger partial charge in [0.05, 0.1) is 24.3 Å². The molecule has 1 fully saturated rings. The van der Waals surface area contributed by atoms with E-state index < -0.39 is 5.92 Å². The van der Waals surface area contributed by atoms with Gasteiger partial charge in [0.25, 0.3) is 5.91 Å². The second-order valence-electron chi connectivity index (χ2n) is 8.16. The molecule has 3 amide bonds. The molecule has 2 aliphatic rings. The van der Waals surface area contributed by atoms with E-state index in [4.69, 9.17) is 14.2 Å². The summed E-state index contributed by atoms with van der Waals surface area (Å²) in [6.45, 7) is 0.393. The van der Waals surface area contributed by atoms with Crippen molar-refractivity contribution in [1.29, 1.82) is 0 Å². The normalized spacial score (nSPS) is 16.2. The van der Waals surface area contributed by atoms with Crippen LogP contribution >= 0.6 is 0 Å². The van der Waals surface area contributed by atoms with Crippen LogP contribution in [0, 0.1) is 5.92 Å². The number of fused-ring (bicyclic) bond motifs is 1. The van der Waals surface area contributed by atoms with Crippen LogP contribution in [0.2, 0.25) is 0 Å². The molecule has 2 heterocycles. The molecule has 0 spiro atoms. The molecule has 1 atom stereocenters. The Labute approximate surface area is 201 Å². The first kappa shape index (κ1) is 22.3. The molecule has 2 N–H and O–H groups in total. The van der Waals surface area contributed by atoms with Crippen LogP contribution in [0.3, 0.4) is 0 Å². The van der Waals surface area contributed by atoms with Crippen molar-refractivity contribution in [3.63, 3.8) is 0 Å². The van der Waals surface area contributed by atoms with Gasteiger partial charge in [-0.25, -0.2) is 0 Å². The third kappa shape index (κ3) is 4.61. The number of rotatable bonds is 6. The number of nitrogens with zero attached hydrogens (tertiary/aromatic N) is 1. The summed E-state index contributed by atoms with van der Waals surface area (Å²) in [5.41, 5.74) is 1.91. The van der Waals surface area contributed by atoms with Gasteiger partial charge >= 0.3 is 0 Å². The first-order valence-electron chi connectivity index (χ1n) is 11.1. The van der Waals surface area contributed by atoms with Gasteiger partial charge in [0.15, 0.2) is 11.5 Å². The van der Waals surface area contributed by atoms with Crippen LogP contribution in [-0.4, -0.2) is 38.2 Å². The SMILES string of the molecule is COc1ccc(N2CC(C(=O)Nc3ccccc3C(=O)Nc3ccc4c(c3)OCO4)CC2=O)cc1. The molecule has 3 aromatic rings. The Balaban J connectivity index is 1.27. The molecule has 35 heavy (non-hydrogen) atoms. The molecule has 0 aliphatic carbocycles. The van der Waals surface area contributed by atoms with Crippen LogP contribution < -0.4 is 29.7 Å². The van der Waals surface area contributed by atoms with E-state index in [0.29, 0.717) is 39.9 Å². The maximum Gasteiger partial charge on any atom is 0.257 e. The molecular weight excluding hydrogens is 450 g/mol. The summed E-state index contributed by atoms with van der Waals surface area (Å²) < 4.78 is 15.8. The number of methoxy groups -OCH3 is 1. The average molecular weight is 473 g/mol. The minimum Gasteiger partial charge on any atom is -0.497 e. The van der Waals surface area contributed by atoms with Crippen molar-refractivity contribution in [2.75, 3.05) is 36.0 Å². The summed E-state index contributed by atoms with van der Waals surface area (Å²) in [5.74, 6) is 0.464. The highest BCUT2D eigenvalue weighted by atomic mass is 16.7. The van der Waals surface area contributed by atoms with Gasteiger partial charge in [0.1, 0.15) is 5.75 Å². The van der Waals surface area contributed by atoms with Crippen LogP contribution in [0.25, 0.3) is 0 Å². The minimum atomic E-state index is -0.547. The molecule has 1 unspecified atom stereocenters. The number of nitrogens with one attached hydrogen (secondary N) is 2. The summed E-state index contributed by atoms with van der Waals surface area (Å²) in [4.78, 5) is 40.2. The maximum absolute atomic E-state index is 13.0. The molecule has 0 saturated carbocycles. The Morgan fingerprint density at radius 3 is 2.54 bits per heavy atom. The van der Waals surface area contributed by atoms with Crippen molar-refractivity contribution in [1.82, 2.24) is 0 Å². The van der Waals surface area contributed by atoms with Gasteiger partial charge in [0.2, 0.25) is 18.6 Å². The fourth-order valence-electron chi connectivity index (χ4n) is 4.09. The number of carbonyl (C=O) groups excluding carboxylic acids is 3. The van der Waals surface area contributed by atoms with Crippen LogP contribution in [0.5, 0.6) is 17.2 Å². The fraction of sp³-hybridized carbons (Fsp3) is 0.192.